The summed E-state index contributed by atoms with van der Waals surface area (Å²) in [6.45, 7) is 5.84. The van der Waals surface area contributed by atoms with Crippen LogP contribution >= 0.6 is 11.6 Å². The molecule has 3 rings (SSSR count). The number of carbonyl (C=O) groups excluding carboxylic acids is 1. The van der Waals surface area contributed by atoms with Crippen LogP contribution in [0.1, 0.15) is 43.5 Å². The monoisotopic (exact) mass is 430 g/mol. The second-order valence-electron chi connectivity index (χ2n) is 6.91. The molecule has 1 atom stereocenters. The number of hydrogen-bond acceptors (Lipinski definition) is 5. The summed E-state index contributed by atoms with van der Waals surface area (Å²) in [5.74, 6) is -0.225. The van der Waals surface area contributed by atoms with E-state index in [-0.39, 0.29) is 21.9 Å². The molecule has 0 saturated carbocycles. The molecule has 0 radical (unpaired) electrons. The Kier molecular flexibility index (Phi) is 6.98. The zero-order valence-electron chi connectivity index (χ0n) is 16.3. The van der Waals surface area contributed by atoms with E-state index in [2.05, 4.69) is 0 Å². The van der Waals surface area contributed by atoms with Gasteiger partial charge in [-0.1, -0.05) is 25.4 Å². The summed E-state index contributed by atoms with van der Waals surface area (Å²) in [6.07, 6.45) is 2.28. The minimum Gasteiger partial charge on any atom is -0.348 e. The quantitative estimate of drug-likeness (QED) is 0.693. The van der Waals surface area contributed by atoms with Crippen LogP contribution in [0.15, 0.2) is 23.1 Å². The number of sulfonamides is 1. The molecule has 2 fully saturated rings. The van der Waals surface area contributed by atoms with Crippen molar-refractivity contribution in [1.82, 2.24) is 9.21 Å². The number of halogens is 1. The highest BCUT2D eigenvalue weighted by molar-refractivity contribution is 7.89. The third-order valence-corrected chi connectivity index (χ3v) is 7.80. The average molecular weight is 431 g/mol. The van der Waals surface area contributed by atoms with Gasteiger partial charge in [0.15, 0.2) is 6.29 Å². The third-order valence-electron chi connectivity index (χ3n) is 5.27. The van der Waals surface area contributed by atoms with Crippen molar-refractivity contribution in [3.05, 3.63) is 28.8 Å². The Labute approximate surface area is 171 Å². The molecule has 9 heteroatoms. The van der Waals surface area contributed by atoms with Gasteiger partial charge in [-0.15, -0.1) is 0 Å². The van der Waals surface area contributed by atoms with E-state index in [1.807, 2.05) is 0 Å². The molecule has 0 spiro atoms. The van der Waals surface area contributed by atoms with E-state index < -0.39 is 16.3 Å². The van der Waals surface area contributed by atoms with Crippen molar-refractivity contribution in [2.24, 2.45) is 0 Å². The van der Waals surface area contributed by atoms with Crippen molar-refractivity contribution < 1.29 is 22.7 Å². The fraction of sp³-hybridized carbons (Fsp3) is 0.632. The lowest BCUT2D eigenvalue weighted by atomic mass is 10.00. The first kappa shape index (κ1) is 21.5. The van der Waals surface area contributed by atoms with Crippen LogP contribution in [0.5, 0.6) is 0 Å². The Balaban J connectivity index is 1.91. The largest absolute Gasteiger partial charge is 0.348 e. The van der Waals surface area contributed by atoms with Crippen LogP contribution in [0, 0.1) is 0 Å². The average Bonchev–Trinajstić information content (AvgIpc) is 3.23. The molecule has 156 valence electrons. The second kappa shape index (κ2) is 9.09. The number of ether oxygens (including phenoxy) is 2. The van der Waals surface area contributed by atoms with E-state index in [1.54, 1.807) is 24.8 Å². The van der Waals surface area contributed by atoms with Gasteiger partial charge in [-0.25, -0.2) is 8.42 Å². The number of rotatable bonds is 6. The molecular formula is C19H27ClN2O5S. The van der Waals surface area contributed by atoms with Crippen molar-refractivity contribution in [2.75, 3.05) is 32.8 Å². The maximum atomic E-state index is 13.2. The van der Waals surface area contributed by atoms with Crippen LogP contribution in [0.25, 0.3) is 0 Å². The molecular weight excluding hydrogens is 404 g/mol. The number of amides is 1. The van der Waals surface area contributed by atoms with Crippen molar-refractivity contribution in [1.29, 1.82) is 0 Å². The SMILES string of the molecule is CCN(CC)S(=O)(=O)c1cc(C(=O)N2CCCCC2C2OCCO2)ccc1Cl. The predicted octanol–water partition coefficient (Wildman–Crippen LogP) is 2.74. The Morgan fingerprint density at radius 3 is 2.54 bits per heavy atom. The zero-order chi connectivity index (χ0) is 20.3. The molecule has 0 N–H and O–H groups in total. The molecule has 28 heavy (non-hydrogen) atoms. The maximum Gasteiger partial charge on any atom is 0.254 e. The zero-order valence-corrected chi connectivity index (χ0v) is 17.8. The van der Waals surface area contributed by atoms with Crippen LogP contribution in [0.3, 0.4) is 0 Å². The van der Waals surface area contributed by atoms with Gasteiger partial charge in [-0.3, -0.25) is 4.79 Å². The van der Waals surface area contributed by atoms with Crippen LogP contribution in [-0.2, 0) is 19.5 Å². The molecule has 2 aliphatic heterocycles. The first-order valence-electron chi connectivity index (χ1n) is 9.74. The molecule has 1 unspecified atom stereocenters. The van der Waals surface area contributed by atoms with E-state index in [1.165, 1.54) is 16.4 Å². The maximum absolute atomic E-state index is 13.2. The molecule has 0 aliphatic carbocycles. The molecule has 7 nitrogen and oxygen atoms in total. The van der Waals surface area contributed by atoms with Gasteiger partial charge < -0.3 is 14.4 Å². The predicted molar refractivity (Wildman–Crippen MR) is 106 cm³/mol. The first-order chi connectivity index (χ1) is 13.4. The smallest absolute Gasteiger partial charge is 0.254 e. The van der Waals surface area contributed by atoms with Gasteiger partial charge in [0.05, 0.1) is 24.3 Å². The Morgan fingerprint density at radius 1 is 1.21 bits per heavy atom. The van der Waals surface area contributed by atoms with Gasteiger partial charge in [-0.2, -0.15) is 4.31 Å². The molecule has 2 heterocycles. The van der Waals surface area contributed by atoms with E-state index in [9.17, 15) is 13.2 Å². The number of carbonyl (C=O) groups is 1. The summed E-state index contributed by atoms with van der Waals surface area (Å²) < 4.78 is 38.4. The summed E-state index contributed by atoms with van der Waals surface area (Å²) in [7, 11) is -3.77. The van der Waals surface area contributed by atoms with Gasteiger partial charge >= 0.3 is 0 Å². The highest BCUT2D eigenvalue weighted by atomic mass is 35.5. The topological polar surface area (TPSA) is 76.2 Å². The molecule has 2 saturated heterocycles. The van der Waals surface area contributed by atoms with Crippen molar-refractivity contribution in [3.8, 4) is 0 Å². The fourth-order valence-corrected chi connectivity index (χ4v) is 5.75. The lowest BCUT2D eigenvalue weighted by Crippen LogP contribution is -2.50. The van der Waals surface area contributed by atoms with Gasteiger partial charge in [0.2, 0.25) is 10.0 Å². The Bertz CT molecular complexity index is 807. The first-order valence-corrected chi connectivity index (χ1v) is 11.6. The van der Waals surface area contributed by atoms with Crippen LogP contribution in [-0.4, -0.2) is 68.7 Å². The highest BCUT2D eigenvalue weighted by Gasteiger charge is 2.37. The van der Waals surface area contributed by atoms with Gasteiger partial charge in [0.1, 0.15) is 4.90 Å². The number of piperidine rings is 1. The van der Waals surface area contributed by atoms with E-state index >= 15 is 0 Å². The Hall–Kier alpha value is -1.19. The number of nitrogens with zero attached hydrogens (tertiary/aromatic N) is 2. The highest BCUT2D eigenvalue weighted by Crippen LogP contribution is 2.29. The number of hydrogen-bond donors (Lipinski definition) is 0. The van der Waals surface area contributed by atoms with E-state index in [0.717, 1.165) is 19.3 Å². The number of likely N-dealkylation sites (tertiary alicyclic amines) is 1. The van der Waals surface area contributed by atoms with Crippen LogP contribution in [0.2, 0.25) is 5.02 Å². The van der Waals surface area contributed by atoms with Crippen molar-refractivity contribution in [2.45, 2.75) is 50.3 Å². The minimum atomic E-state index is -3.77. The fourth-order valence-electron chi connectivity index (χ4n) is 3.79. The molecule has 0 aromatic heterocycles. The Morgan fingerprint density at radius 2 is 1.89 bits per heavy atom. The van der Waals surface area contributed by atoms with E-state index in [0.29, 0.717) is 38.4 Å². The molecule has 1 aromatic carbocycles. The summed E-state index contributed by atoms with van der Waals surface area (Å²) in [5, 5.41) is 0.112. The number of benzene rings is 1. The normalized spacial score (nSPS) is 21.4. The lowest BCUT2D eigenvalue weighted by Gasteiger charge is -2.38. The van der Waals surface area contributed by atoms with Crippen molar-refractivity contribution in [3.63, 3.8) is 0 Å². The summed E-state index contributed by atoms with van der Waals surface area (Å²) >= 11 is 6.19. The standard InChI is InChI=1S/C19H27ClN2O5S/c1-3-21(4-2)28(24,25)17-13-14(8-9-15(17)20)18(23)22-10-6-5-7-16(22)19-26-11-12-27-19/h8-9,13,16,19H,3-7,10-12H2,1-2H3. The van der Waals surface area contributed by atoms with Crippen LogP contribution in [0.4, 0.5) is 0 Å². The third kappa shape index (κ3) is 4.21. The molecule has 1 amide bonds. The lowest BCUT2D eigenvalue weighted by molar-refractivity contribution is -0.100. The molecule has 0 bridgehead atoms. The summed E-state index contributed by atoms with van der Waals surface area (Å²) in [4.78, 5) is 14.9. The van der Waals surface area contributed by atoms with Gasteiger partial charge in [-0.05, 0) is 37.5 Å². The molecule has 2 aliphatic rings. The summed E-state index contributed by atoms with van der Waals surface area (Å²) in [5.41, 5.74) is 0.306. The van der Waals surface area contributed by atoms with Crippen LogP contribution < -0.4 is 0 Å². The van der Waals surface area contributed by atoms with E-state index in [4.69, 9.17) is 21.1 Å². The van der Waals surface area contributed by atoms with Gasteiger partial charge in [0.25, 0.3) is 5.91 Å². The van der Waals surface area contributed by atoms with Gasteiger partial charge in [0, 0.05) is 25.2 Å². The minimum absolute atomic E-state index is 0.0364. The van der Waals surface area contributed by atoms with Crippen molar-refractivity contribution >= 4 is 27.5 Å². The second-order valence-corrected chi connectivity index (χ2v) is 9.22. The summed E-state index contributed by atoms with van der Waals surface area (Å²) in [6, 6.07) is 4.28. The molecule has 1 aromatic rings.